The molecule has 0 unspecified atom stereocenters. The molecule has 0 aliphatic heterocycles. The zero-order valence-corrected chi connectivity index (χ0v) is 20.9. The van der Waals surface area contributed by atoms with Crippen LogP contribution in [0.5, 0.6) is 0 Å². The minimum absolute atomic E-state index is 0.0532. The SMILES string of the molecule is CCCCCC(=O)O[C@H]1CC[C@H]([C@H]2CC[C@H]([C@H]3CC[C@H](CCCCC)CC3)CC2)CC1. The number of hydrogen-bond donors (Lipinski definition) is 0. The number of esters is 1. The van der Waals surface area contributed by atoms with Gasteiger partial charge < -0.3 is 4.74 Å². The first-order valence-electron chi connectivity index (χ1n) is 14.4. The Morgan fingerprint density at radius 3 is 1.58 bits per heavy atom. The van der Waals surface area contributed by atoms with Crippen LogP contribution < -0.4 is 0 Å². The predicted octanol–water partition coefficient (Wildman–Crippen LogP) is 8.86. The van der Waals surface area contributed by atoms with Crippen molar-refractivity contribution in [1.82, 2.24) is 0 Å². The summed E-state index contributed by atoms with van der Waals surface area (Å²) in [6, 6.07) is 0. The van der Waals surface area contributed by atoms with Gasteiger partial charge in [0.1, 0.15) is 6.10 Å². The number of hydrogen-bond acceptors (Lipinski definition) is 2. The minimum Gasteiger partial charge on any atom is -0.462 e. The van der Waals surface area contributed by atoms with Crippen LogP contribution in [0.4, 0.5) is 0 Å². The fourth-order valence-corrected chi connectivity index (χ4v) is 7.16. The molecule has 0 N–H and O–H groups in total. The van der Waals surface area contributed by atoms with Crippen molar-refractivity contribution in [3.8, 4) is 0 Å². The molecule has 0 aromatic carbocycles. The van der Waals surface area contributed by atoms with Crippen LogP contribution in [0.15, 0.2) is 0 Å². The van der Waals surface area contributed by atoms with Crippen molar-refractivity contribution < 1.29 is 9.53 Å². The number of carbonyl (C=O) groups excluding carboxylic acids is 1. The van der Waals surface area contributed by atoms with Crippen molar-refractivity contribution in [3.63, 3.8) is 0 Å². The van der Waals surface area contributed by atoms with E-state index in [4.69, 9.17) is 4.74 Å². The Bertz CT molecular complexity index is 477. The summed E-state index contributed by atoms with van der Waals surface area (Å²) in [5.41, 5.74) is 0. The third-order valence-electron chi connectivity index (χ3n) is 9.26. The molecule has 0 radical (unpaired) electrons. The summed E-state index contributed by atoms with van der Waals surface area (Å²) in [5.74, 6) is 5.06. The lowest BCUT2D eigenvalue weighted by Crippen LogP contribution is -2.31. The molecule has 0 spiro atoms. The molecule has 3 saturated carbocycles. The number of carbonyl (C=O) groups is 1. The summed E-state index contributed by atoms with van der Waals surface area (Å²) >= 11 is 0. The van der Waals surface area contributed by atoms with E-state index in [0.717, 1.165) is 55.3 Å². The molecule has 180 valence electrons. The van der Waals surface area contributed by atoms with E-state index in [1.165, 1.54) is 96.3 Å². The van der Waals surface area contributed by atoms with Crippen LogP contribution in [0.25, 0.3) is 0 Å². The standard InChI is InChI=1S/C29H52O2/c1-3-5-7-9-23-11-13-24(14-12-23)25-15-17-26(18-16-25)27-19-21-28(22-20-27)31-29(30)10-8-6-4-2/h23-28H,3-22H2,1-2H3/t23-,24-,25-,26-,27-,28-. The van der Waals surface area contributed by atoms with E-state index in [1.807, 2.05) is 0 Å². The van der Waals surface area contributed by atoms with Crippen LogP contribution >= 0.6 is 0 Å². The Morgan fingerprint density at radius 1 is 0.613 bits per heavy atom. The highest BCUT2D eigenvalue weighted by Gasteiger charge is 2.35. The average Bonchev–Trinajstić information content (AvgIpc) is 2.81. The maximum atomic E-state index is 12.0. The van der Waals surface area contributed by atoms with Gasteiger partial charge in [0.05, 0.1) is 0 Å². The third-order valence-corrected chi connectivity index (χ3v) is 9.26. The highest BCUT2D eigenvalue weighted by Crippen LogP contribution is 2.46. The summed E-state index contributed by atoms with van der Waals surface area (Å²) in [7, 11) is 0. The summed E-state index contributed by atoms with van der Waals surface area (Å²) in [6.45, 7) is 4.50. The van der Waals surface area contributed by atoms with Crippen LogP contribution in [-0.2, 0) is 9.53 Å². The maximum absolute atomic E-state index is 12.0. The van der Waals surface area contributed by atoms with E-state index in [2.05, 4.69) is 13.8 Å². The molecule has 0 bridgehead atoms. The molecular weight excluding hydrogens is 380 g/mol. The zero-order chi connectivity index (χ0) is 21.9. The van der Waals surface area contributed by atoms with Crippen molar-refractivity contribution in [2.24, 2.45) is 29.6 Å². The lowest BCUT2D eigenvalue weighted by Gasteiger charge is -2.41. The first kappa shape index (κ1) is 25.1. The van der Waals surface area contributed by atoms with Gasteiger partial charge in [0.15, 0.2) is 0 Å². The van der Waals surface area contributed by atoms with E-state index in [0.29, 0.717) is 6.42 Å². The van der Waals surface area contributed by atoms with Gasteiger partial charge in [-0.15, -0.1) is 0 Å². The second kappa shape index (κ2) is 13.9. The van der Waals surface area contributed by atoms with E-state index in [-0.39, 0.29) is 12.1 Å². The minimum atomic E-state index is 0.0532. The van der Waals surface area contributed by atoms with Gasteiger partial charge >= 0.3 is 5.97 Å². The maximum Gasteiger partial charge on any atom is 0.306 e. The predicted molar refractivity (Wildman–Crippen MR) is 131 cm³/mol. The van der Waals surface area contributed by atoms with Crippen LogP contribution in [0, 0.1) is 29.6 Å². The number of unbranched alkanes of at least 4 members (excludes halogenated alkanes) is 4. The van der Waals surface area contributed by atoms with Gasteiger partial charge in [-0.25, -0.2) is 0 Å². The molecule has 2 heteroatoms. The Labute approximate surface area is 193 Å². The second-order valence-corrected chi connectivity index (χ2v) is 11.4. The van der Waals surface area contributed by atoms with Crippen molar-refractivity contribution in [3.05, 3.63) is 0 Å². The highest BCUT2D eigenvalue weighted by molar-refractivity contribution is 5.69. The largest absolute Gasteiger partial charge is 0.462 e. The molecule has 0 aromatic heterocycles. The molecule has 0 amide bonds. The molecule has 3 fully saturated rings. The first-order valence-corrected chi connectivity index (χ1v) is 14.4. The normalized spacial score (nSPS) is 34.4. The lowest BCUT2D eigenvalue weighted by molar-refractivity contribution is -0.151. The Kier molecular flexibility index (Phi) is 11.2. The van der Waals surface area contributed by atoms with Crippen molar-refractivity contribution in [2.75, 3.05) is 0 Å². The Balaban J connectivity index is 1.28. The summed E-state index contributed by atoms with van der Waals surface area (Å²) < 4.78 is 5.77. The van der Waals surface area contributed by atoms with Gasteiger partial charge in [-0.1, -0.05) is 65.2 Å². The molecule has 3 aliphatic carbocycles. The molecule has 31 heavy (non-hydrogen) atoms. The van der Waals surface area contributed by atoms with Gasteiger partial charge in [0.2, 0.25) is 0 Å². The first-order chi connectivity index (χ1) is 15.2. The molecule has 3 aliphatic rings. The molecule has 0 atom stereocenters. The lowest BCUT2D eigenvalue weighted by atomic mass is 9.65. The molecule has 2 nitrogen and oxygen atoms in total. The van der Waals surface area contributed by atoms with Crippen LogP contribution in [0.2, 0.25) is 0 Å². The van der Waals surface area contributed by atoms with Gasteiger partial charge in [0, 0.05) is 6.42 Å². The molecular formula is C29H52O2. The topological polar surface area (TPSA) is 26.3 Å². The van der Waals surface area contributed by atoms with Crippen molar-refractivity contribution >= 4 is 5.97 Å². The van der Waals surface area contributed by atoms with E-state index in [1.54, 1.807) is 0 Å². The Hall–Kier alpha value is -0.530. The monoisotopic (exact) mass is 432 g/mol. The van der Waals surface area contributed by atoms with Gasteiger partial charge in [-0.2, -0.15) is 0 Å². The third kappa shape index (κ3) is 8.39. The molecule has 0 heterocycles. The summed E-state index contributed by atoms with van der Waals surface area (Å²) in [5, 5.41) is 0. The van der Waals surface area contributed by atoms with Crippen molar-refractivity contribution in [1.29, 1.82) is 0 Å². The average molecular weight is 433 g/mol. The number of rotatable bonds is 11. The molecule has 0 saturated heterocycles. The van der Waals surface area contributed by atoms with E-state index in [9.17, 15) is 4.79 Å². The van der Waals surface area contributed by atoms with E-state index >= 15 is 0 Å². The van der Waals surface area contributed by atoms with Gasteiger partial charge in [-0.05, 0) is 100 Å². The molecule has 0 aromatic rings. The van der Waals surface area contributed by atoms with Crippen LogP contribution in [-0.4, -0.2) is 12.1 Å². The van der Waals surface area contributed by atoms with Gasteiger partial charge in [0.25, 0.3) is 0 Å². The van der Waals surface area contributed by atoms with Gasteiger partial charge in [-0.3, -0.25) is 4.79 Å². The zero-order valence-electron chi connectivity index (χ0n) is 20.9. The highest BCUT2D eigenvalue weighted by atomic mass is 16.5. The number of ether oxygens (including phenoxy) is 1. The van der Waals surface area contributed by atoms with Crippen molar-refractivity contribution in [2.45, 2.75) is 148 Å². The van der Waals surface area contributed by atoms with Crippen LogP contribution in [0.3, 0.4) is 0 Å². The quantitative estimate of drug-likeness (QED) is 0.241. The van der Waals surface area contributed by atoms with Crippen LogP contribution in [0.1, 0.15) is 142 Å². The fraction of sp³-hybridized carbons (Fsp3) is 0.966. The summed E-state index contributed by atoms with van der Waals surface area (Å²) in [6.07, 6.45) is 26.8. The smallest absolute Gasteiger partial charge is 0.306 e. The van der Waals surface area contributed by atoms with E-state index < -0.39 is 0 Å². The fourth-order valence-electron chi connectivity index (χ4n) is 7.16. The molecule has 3 rings (SSSR count). The summed E-state index contributed by atoms with van der Waals surface area (Å²) in [4.78, 5) is 12.0. The Morgan fingerprint density at radius 2 is 1.06 bits per heavy atom. The second-order valence-electron chi connectivity index (χ2n) is 11.4.